The van der Waals surface area contributed by atoms with Gasteiger partial charge in [0.15, 0.2) is 0 Å². The number of amides is 1. The highest BCUT2D eigenvalue weighted by molar-refractivity contribution is 7.10. The minimum atomic E-state index is -0.578. The second-order valence-corrected chi connectivity index (χ2v) is 4.97. The lowest BCUT2D eigenvalue weighted by Gasteiger charge is -2.05. The predicted molar refractivity (Wildman–Crippen MR) is 74.9 cm³/mol. The first-order chi connectivity index (χ1) is 9.47. The Morgan fingerprint density at radius 2 is 2.20 bits per heavy atom. The highest BCUT2D eigenvalue weighted by atomic mass is 32.1. The third kappa shape index (κ3) is 3.04. The molecular formula is C12H11N3O4S. The second kappa shape index (κ2) is 5.57. The van der Waals surface area contributed by atoms with Crippen LogP contribution in [0, 0.1) is 10.1 Å². The number of anilines is 1. The molecule has 0 atom stereocenters. The summed E-state index contributed by atoms with van der Waals surface area (Å²) in [4.78, 5) is 22.1. The van der Waals surface area contributed by atoms with Gasteiger partial charge in [0, 0.05) is 16.8 Å². The SMILES string of the molecule is NC(=O)c1csc(CNc2ccc(O)cc2[N+](=O)[O-])c1. The molecule has 0 saturated carbocycles. The van der Waals surface area contributed by atoms with E-state index in [9.17, 15) is 20.0 Å². The number of nitro benzene ring substituents is 1. The summed E-state index contributed by atoms with van der Waals surface area (Å²) in [5, 5.41) is 24.7. The molecule has 1 amide bonds. The van der Waals surface area contributed by atoms with Crippen molar-refractivity contribution in [3.8, 4) is 5.75 Å². The first-order valence-electron chi connectivity index (χ1n) is 5.56. The zero-order chi connectivity index (χ0) is 14.7. The van der Waals surface area contributed by atoms with Gasteiger partial charge in [-0.1, -0.05) is 0 Å². The van der Waals surface area contributed by atoms with Crippen molar-refractivity contribution < 1.29 is 14.8 Å². The van der Waals surface area contributed by atoms with E-state index in [2.05, 4.69) is 5.32 Å². The van der Waals surface area contributed by atoms with E-state index in [0.29, 0.717) is 17.8 Å². The van der Waals surface area contributed by atoms with E-state index in [-0.39, 0.29) is 11.4 Å². The summed E-state index contributed by atoms with van der Waals surface area (Å²) in [5.74, 6) is -0.683. The zero-order valence-electron chi connectivity index (χ0n) is 10.2. The van der Waals surface area contributed by atoms with Crippen LogP contribution in [-0.4, -0.2) is 15.9 Å². The molecule has 0 aliphatic heterocycles. The first-order valence-corrected chi connectivity index (χ1v) is 6.44. The molecule has 0 saturated heterocycles. The standard InChI is InChI=1S/C12H11N3O4S/c13-12(17)7-3-9(20-6-7)5-14-10-2-1-8(16)4-11(10)15(18)19/h1-4,6,14,16H,5H2,(H2,13,17). The number of phenols is 1. The number of thiophene rings is 1. The highest BCUT2D eigenvalue weighted by Gasteiger charge is 2.14. The molecule has 20 heavy (non-hydrogen) atoms. The van der Waals surface area contributed by atoms with E-state index in [1.165, 1.54) is 23.5 Å². The van der Waals surface area contributed by atoms with Gasteiger partial charge < -0.3 is 16.2 Å². The smallest absolute Gasteiger partial charge is 0.296 e. The van der Waals surface area contributed by atoms with Crippen molar-refractivity contribution in [2.45, 2.75) is 6.54 Å². The molecule has 2 rings (SSSR count). The number of nitro groups is 1. The van der Waals surface area contributed by atoms with Crippen LogP contribution in [0.5, 0.6) is 5.75 Å². The Morgan fingerprint density at radius 1 is 1.45 bits per heavy atom. The number of carbonyl (C=O) groups is 1. The lowest BCUT2D eigenvalue weighted by Crippen LogP contribution is -2.09. The van der Waals surface area contributed by atoms with Crippen LogP contribution in [0.4, 0.5) is 11.4 Å². The van der Waals surface area contributed by atoms with Gasteiger partial charge >= 0.3 is 0 Å². The van der Waals surface area contributed by atoms with Crippen LogP contribution in [0.25, 0.3) is 0 Å². The van der Waals surface area contributed by atoms with Crippen LogP contribution < -0.4 is 11.1 Å². The molecule has 7 nitrogen and oxygen atoms in total. The number of phenolic OH excluding ortho intramolecular Hbond substituents is 1. The molecule has 0 aliphatic rings. The van der Waals surface area contributed by atoms with Gasteiger partial charge in [-0.3, -0.25) is 14.9 Å². The average molecular weight is 293 g/mol. The van der Waals surface area contributed by atoms with E-state index < -0.39 is 10.8 Å². The van der Waals surface area contributed by atoms with Gasteiger partial charge in [0.2, 0.25) is 5.91 Å². The molecule has 1 aromatic carbocycles. The maximum Gasteiger partial charge on any atom is 0.296 e. The van der Waals surface area contributed by atoms with Crippen molar-refractivity contribution in [1.29, 1.82) is 0 Å². The molecule has 104 valence electrons. The number of carbonyl (C=O) groups excluding carboxylic acids is 1. The maximum absolute atomic E-state index is 11.0. The van der Waals surface area contributed by atoms with Crippen LogP contribution in [0.1, 0.15) is 15.2 Å². The molecule has 8 heteroatoms. The predicted octanol–water partition coefficient (Wildman–Crippen LogP) is 2.07. The Bertz CT molecular complexity index is 668. The Kier molecular flexibility index (Phi) is 3.85. The molecule has 0 aliphatic carbocycles. The molecule has 1 heterocycles. The number of primary amides is 1. The maximum atomic E-state index is 11.0. The fourth-order valence-corrected chi connectivity index (χ4v) is 2.42. The van der Waals surface area contributed by atoms with Gasteiger partial charge in [-0.25, -0.2) is 0 Å². The van der Waals surface area contributed by atoms with Gasteiger partial charge in [-0.2, -0.15) is 0 Å². The van der Waals surface area contributed by atoms with Crippen molar-refractivity contribution in [2.75, 3.05) is 5.32 Å². The third-order valence-corrected chi connectivity index (χ3v) is 3.51. The number of nitrogens with two attached hydrogens (primary N) is 1. The fourth-order valence-electron chi connectivity index (χ4n) is 1.61. The molecule has 0 spiro atoms. The number of benzene rings is 1. The molecule has 0 radical (unpaired) electrons. The van der Waals surface area contributed by atoms with Crippen LogP contribution in [0.15, 0.2) is 29.6 Å². The third-order valence-electron chi connectivity index (χ3n) is 2.57. The summed E-state index contributed by atoms with van der Waals surface area (Å²) < 4.78 is 0. The summed E-state index contributed by atoms with van der Waals surface area (Å²) in [7, 11) is 0. The Morgan fingerprint density at radius 3 is 2.80 bits per heavy atom. The van der Waals surface area contributed by atoms with Crippen molar-refractivity contribution in [2.24, 2.45) is 5.73 Å². The first kappa shape index (κ1) is 13.8. The van der Waals surface area contributed by atoms with Crippen molar-refractivity contribution >= 4 is 28.6 Å². The molecular weight excluding hydrogens is 282 g/mol. The second-order valence-electron chi connectivity index (χ2n) is 3.98. The van der Waals surface area contributed by atoms with E-state index in [1.807, 2.05) is 0 Å². The van der Waals surface area contributed by atoms with Crippen LogP contribution in [0.3, 0.4) is 0 Å². The van der Waals surface area contributed by atoms with Gasteiger partial charge in [0.05, 0.1) is 16.6 Å². The normalized spacial score (nSPS) is 10.2. The molecule has 2 aromatic rings. The molecule has 0 fully saturated rings. The quantitative estimate of drug-likeness (QED) is 0.443. The Hall–Kier alpha value is -2.61. The average Bonchev–Trinajstić information content (AvgIpc) is 2.86. The number of aromatic hydroxyl groups is 1. The molecule has 4 N–H and O–H groups in total. The molecule has 0 unspecified atom stereocenters. The Labute approximate surface area is 117 Å². The van der Waals surface area contributed by atoms with Gasteiger partial charge in [0.1, 0.15) is 11.4 Å². The van der Waals surface area contributed by atoms with Crippen LogP contribution in [0.2, 0.25) is 0 Å². The lowest BCUT2D eigenvalue weighted by atomic mass is 10.2. The number of nitrogens with one attached hydrogen (secondary N) is 1. The molecule has 1 aromatic heterocycles. The summed E-state index contributed by atoms with van der Waals surface area (Å²) >= 11 is 1.33. The minimum absolute atomic E-state index is 0.172. The van der Waals surface area contributed by atoms with Gasteiger partial charge in [-0.15, -0.1) is 11.3 Å². The molecule has 0 bridgehead atoms. The zero-order valence-corrected chi connectivity index (χ0v) is 11.0. The van der Waals surface area contributed by atoms with Crippen LogP contribution in [-0.2, 0) is 6.54 Å². The number of hydrogen-bond donors (Lipinski definition) is 3. The van der Waals surface area contributed by atoms with E-state index in [1.54, 1.807) is 11.4 Å². The summed E-state index contributed by atoms with van der Waals surface area (Å²) in [6.07, 6.45) is 0. The Balaban J connectivity index is 2.14. The van der Waals surface area contributed by atoms with Crippen LogP contribution >= 0.6 is 11.3 Å². The van der Waals surface area contributed by atoms with Gasteiger partial charge in [0.25, 0.3) is 5.69 Å². The van der Waals surface area contributed by atoms with Gasteiger partial charge in [-0.05, 0) is 18.2 Å². The van der Waals surface area contributed by atoms with Crippen molar-refractivity contribution in [3.63, 3.8) is 0 Å². The van der Waals surface area contributed by atoms with Crippen molar-refractivity contribution in [3.05, 3.63) is 50.2 Å². The van der Waals surface area contributed by atoms with E-state index >= 15 is 0 Å². The number of hydrogen-bond acceptors (Lipinski definition) is 6. The van der Waals surface area contributed by atoms with E-state index in [4.69, 9.17) is 5.73 Å². The largest absolute Gasteiger partial charge is 0.508 e. The fraction of sp³-hybridized carbons (Fsp3) is 0.0833. The number of nitrogens with zero attached hydrogens (tertiary/aromatic N) is 1. The monoisotopic (exact) mass is 293 g/mol. The highest BCUT2D eigenvalue weighted by Crippen LogP contribution is 2.29. The van der Waals surface area contributed by atoms with E-state index in [0.717, 1.165) is 10.9 Å². The summed E-state index contributed by atoms with van der Waals surface area (Å²) in [5.41, 5.74) is 5.64. The summed E-state index contributed by atoms with van der Waals surface area (Å²) in [6, 6.07) is 5.49. The lowest BCUT2D eigenvalue weighted by molar-refractivity contribution is -0.384. The summed E-state index contributed by atoms with van der Waals surface area (Å²) in [6.45, 7) is 0.323. The number of rotatable bonds is 5. The minimum Gasteiger partial charge on any atom is -0.508 e. The topological polar surface area (TPSA) is 118 Å². The van der Waals surface area contributed by atoms with Crippen molar-refractivity contribution in [1.82, 2.24) is 0 Å².